The number of alkyl halides is 1. The number of rotatable bonds is 4. The van der Waals surface area contributed by atoms with E-state index < -0.39 is 10.8 Å². The minimum atomic E-state index is -0.541. The van der Waals surface area contributed by atoms with Gasteiger partial charge in [0.05, 0.1) is 19.7 Å². The Morgan fingerprint density at radius 1 is 1.65 bits per heavy atom. The smallest absolute Gasteiger partial charge is 0.320 e. The molecule has 0 bridgehead atoms. The molecule has 17 heavy (non-hydrogen) atoms. The van der Waals surface area contributed by atoms with Crippen molar-refractivity contribution in [2.24, 2.45) is 0 Å². The molecule has 2 amide bonds. The second-order valence-electron chi connectivity index (χ2n) is 3.76. The highest BCUT2D eigenvalue weighted by Gasteiger charge is 2.34. The Balaban J connectivity index is 2.69. The van der Waals surface area contributed by atoms with Crippen LogP contribution in [0.3, 0.4) is 0 Å². The van der Waals surface area contributed by atoms with Gasteiger partial charge in [-0.2, -0.15) is 0 Å². The fraction of sp³-hybridized carbons (Fsp3) is 0.700. The molecule has 1 heterocycles. The first-order valence-electron chi connectivity index (χ1n) is 5.29. The van der Waals surface area contributed by atoms with Crippen molar-refractivity contribution in [1.82, 2.24) is 10.2 Å². The maximum absolute atomic E-state index is 11.6. The molecule has 1 aliphatic rings. The van der Waals surface area contributed by atoms with Crippen molar-refractivity contribution in [2.45, 2.75) is 24.2 Å². The maximum Gasteiger partial charge on any atom is 0.320 e. The minimum Gasteiger partial charge on any atom is -0.468 e. The normalized spacial score (nSPS) is 23.1. The third-order valence-corrected chi connectivity index (χ3v) is 3.25. The van der Waals surface area contributed by atoms with E-state index in [1.807, 2.05) is 6.92 Å². The first-order valence-corrected chi connectivity index (χ1v) is 6.20. The second kappa shape index (κ2) is 6.11. The number of hydrogen-bond acceptors (Lipinski definition) is 5. The van der Waals surface area contributed by atoms with Crippen LogP contribution in [0, 0.1) is 0 Å². The fourth-order valence-corrected chi connectivity index (χ4v) is 2.32. The Morgan fingerprint density at radius 2 is 2.29 bits per heavy atom. The van der Waals surface area contributed by atoms with Crippen LogP contribution in [-0.2, 0) is 19.1 Å². The number of imide groups is 1. The first-order chi connectivity index (χ1) is 7.99. The lowest BCUT2D eigenvalue weighted by Gasteiger charge is -2.33. The number of nitrogens with one attached hydrogen (secondary N) is 1. The predicted molar refractivity (Wildman–Crippen MR) is 63.5 cm³/mol. The summed E-state index contributed by atoms with van der Waals surface area (Å²) in [5.74, 6) is -1.07. The number of hydrogen-bond donors (Lipinski definition) is 1. The summed E-state index contributed by atoms with van der Waals surface area (Å²) in [6.45, 7) is 2.24. The average molecular weight is 307 g/mol. The number of amides is 2. The number of halogens is 1. The molecule has 0 aromatic carbocycles. The molecule has 2 atom stereocenters. The molecule has 7 heteroatoms. The van der Waals surface area contributed by atoms with Crippen molar-refractivity contribution in [3.05, 3.63) is 0 Å². The SMILES string of the molecule is CCC1C(=O)NC(=O)CN1CC(Br)C(=O)OC. The number of methoxy groups -OCH3 is 1. The molecule has 2 unspecified atom stereocenters. The molecule has 96 valence electrons. The molecule has 0 radical (unpaired) electrons. The van der Waals surface area contributed by atoms with Crippen LogP contribution in [0.5, 0.6) is 0 Å². The number of carbonyl (C=O) groups excluding carboxylic acids is 3. The van der Waals surface area contributed by atoms with E-state index in [2.05, 4.69) is 26.0 Å². The van der Waals surface area contributed by atoms with Crippen LogP contribution < -0.4 is 5.32 Å². The van der Waals surface area contributed by atoms with Gasteiger partial charge in [-0.15, -0.1) is 0 Å². The van der Waals surface area contributed by atoms with Gasteiger partial charge in [0.1, 0.15) is 4.83 Å². The average Bonchev–Trinajstić information content (AvgIpc) is 2.27. The van der Waals surface area contributed by atoms with Gasteiger partial charge in [0.25, 0.3) is 0 Å². The van der Waals surface area contributed by atoms with Gasteiger partial charge >= 0.3 is 5.97 Å². The monoisotopic (exact) mass is 306 g/mol. The topological polar surface area (TPSA) is 75.7 Å². The minimum absolute atomic E-state index is 0.114. The van der Waals surface area contributed by atoms with E-state index in [1.165, 1.54) is 7.11 Å². The van der Waals surface area contributed by atoms with Crippen LogP contribution in [-0.4, -0.2) is 53.8 Å². The van der Waals surface area contributed by atoms with Crippen LogP contribution in [0.1, 0.15) is 13.3 Å². The maximum atomic E-state index is 11.6. The molecule has 1 aliphatic heterocycles. The molecule has 0 aromatic heterocycles. The van der Waals surface area contributed by atoms with Crippen LogP contribution in [0.25, 0.3) is 0 Å². The lowest BCUT2D eigenvalue weighted by Crippen LogP contribution is -2.59. The van der Waals surface area contributed by atoms with Gasteiger partial charge in [-0.25, -0.2) is 0 Å². The number of carbonyl (C=O) groups is 3. The quantitative estimate of drug-likeness (QED) is 0.437. The van der Waals surface area contributed by atoms with Crippen LogP contribution in [0.15, 0.2) is 0 Å². The van der Waals surface area contributed by atoms with Crippen molar-refractivity contribution in [1.29, 1.82) is 0 Å². The summed E-state index contributed by atoms with van der Waals surface area (Å²) >= 11 is 3.18. The molecule has 0 aliphatic carbocycles. The number of esters is 1. The number of piperazine rings is 1. The standard InChI is InChI=1S/C10H15BrN2O4/c1-3-7-9(15)12-8(14)5-13(7)4-6(11)10(16)17-2/h6-7H,3-5H2,1-2H3,(H,12,14,15). The van der Waals surface area contributed by atoms with Gasteiger partial charge < -0.3 is 4.74 Å². The van der Waals surface area contributed by atoms with Gasteiger partial charge in [-0.1, -0.05) is 22.9 Å². The Hall–Kier alpha value is -0.950. The third-order valence-electron chi connectivity index (χ3n) is 2.59. The second-order valence-corrected chi connectivity index (χ2v) is 4.86. The molecule has 6 nitrogen and oxygen atoms in total. The molecule has 1 fully saturated rings. The predicted octanol–water partition coefficient (Wildman–Crippen LogP) is -0.340. The third kappa shape index (κ3) is 3.50. The van der Waals surface area contributed by atoms with E-state index in [1.54, 1.807) is 4.90 Å². The molecule has 0 saturated carbocycles. The molecule has 0 aromatic rings. The summed E-state index contributed by atoms with van der Waals surface area (Å²) in [7, 11) is 1.29. The van der Waals surface area contributed by atoms with E-state index in [0.29, 0.717) is 6.42 Å². The fourth-order valence-electron chi connectivity index (χ4n) is 1.76. The molecule has 1 rings (SSSR count). The van der Waals surface area contributed by atoms with Crippen molar-refractivity contribution >= 4 is 33.7 Å². The summed E-state index contributed by atoms with van der Waals surface area (Å²) in [6, 6.07) is -0.377. The molecule has 1 saturated heterocycles. The van der Waals surface area contributed by atoms with Crippen molar-refractivity contribution in [3.63, 3.8) is 0 Å². The van der Waals surface area contributed by atoms with E-state index in [-0.39, 0.29) is 30.9 Å². The Morgan fingerprint density at radius 3 is 2.82 bits per heavy atom. The van der Waals surface area contributed by atoms with Crippen LogP contribution in [0.2, 0.25) is 0 Å². The highest BCUT2D eigenvalue weighted by Crippen LogP contribution is 2.13. The first kappa shape index (κ1) is 14.1. The van der Waals surface area contributed by atoms with Gasteiger partial charge in [0, 0.05) is 6.54 Å². The van der Waals surface area contributed by atoms with Gasteiger partial charge in [-0.05, 0) is 6.42 Å². The number of ether oxygens (including phenoxy) is 1. The summed E-state index contributed by atoms with van der Waals surface area (Å²) in [6.07, 6.45) is 0.583. The van der Waals surface area contributed by atoms with Gasteiger partial charge in [-0.3, -0.25) is 24.6 Å². The van der Waals surface area contributed by atoms with E-state index in [9.17, 15) is 14.4 Å². The molecular formula is C10H15BrN2O4. The van der Waals surface area contributed by atoms with Crippen LogP contribution in [0.4, 0.5) is 0 Å². The lowest BCUT2D eigenvalue weighted by atomic mass is 10.1. The molecular weight excluding hydrogens is 292 g/mol. The van der Waals surface area contributed by atoms with E-state index in [0.717, 1.165) is 0 Å². The van der Waals surface area contributed by atoms with Gasteiger partial charge in [0.15, 0.2) is 0 Å². The highest BCUT2D eigenvalue weighted by molar-refractivity contribution is 9.10. The highest BCUT2D eigenvalue weighted by atomic mass is 79.9. The van der Waals surface area contributed by atoms with Crippen LogP contribution >= 0.6 is 15.9 Å². The van der Waals surface area contributed by atoms with E-state index >= 15 is 0 Å². The summed E-state index contributed by atoms with van der Waals surface area (Å²) in [5, 5.41) is 2.28. The summed E-state index contributed by atoms with van der Waals surface area (Å²) in [5.41, 5.74) is 0. The van der Waals surface area contributed by atoms with E-state index in [4.69, 9.17) is 0 Å². The zero-order valence-corrected chi connectivity index (χ0v) is 11.3. The lowest BCUT2D eigenvalue weighted by molar-refractivity contribution is -0.144. The van der Waals surface area contributed by atoms with Crippen molar-refractivity contribution in [3.8, 4) is 0 Å². The van der Waals surface area contributed by atoms with Crippen molar-refractivity contribution < 1.29 is 19.1 Å². The Kier molecular flexibility index (Phi) is 5.07. The number of nitrogens with zero attached hydrogens (tertiary/aromatic N) is 1. The molecule has 1 N–H and O–H groups in total. The van der Waals surface area contributed by atoms with Gasteiger partial charge in [0.2, 0.25) is 11.8 Å². The zero-order valence-electron chi connectivity index (χ0n) is 9.73. The Bertz CT molecular complexity index is 334. The summed E-state index contributed by atoms with van der Waals surface area (Å²) in [4.78, 5) is 35.2. The zero-order chi connectivity index (χ0) is 13.0. The largest absolute Gasteiger partial charge is 0.468 e. The molecule has 0 spiro atoms. The summed E-state index contributed by atoms with van der Waals surface area (Å²) < 4.78 is 4.58. The van der Waals surface area contributed by atoms with Crippen molar-refractivity contribution in [2.75, 3.05) is 20.2 Å². The Labute approximate surface area is 108 Å².